The summed E-state index contributed by atoms with van der Waals surface area (Å²) < 4.78 is 5.58. The van der Waals surface area contributed by atoms with Gasteiger partial charge in [0.2, 0.25) is 0 Å². The van der Waals surface area contributed by atoms with Gasteiger partial charge in [-0.3, -0.25) is 0 Å². The molecule has 1 aromatic carbocycles. The van der Waals surface area contributed by atoms with Gasteiger partial charge in [-0.15, -0.1) is 11.8 Å². The second kappa shape index (κ2) is 4.71. The summed E-state index contributed by atoms with van der Waals surface area (Å²) in [6, 6.07) is 6.37. The van der Waals surface area contributed by atoms with E-state index in [1.165, 1.54) is 22.6 Å². The van der Waals surface area contributed by atoms with Gasteiger partial charge in [-0.25, -0.2) is 0 Å². The molecule has 0 saturated heterocycles. The van der Waals surface area contributed by atoms with E-state index in [9.17, 15) is 0 Å². The highest BCUT2D eigenvalue weighted by Gasteiger charge is 2.11. The molecule has 3 heteroatoms. The zero-order valence-electron chi connectivity index (χ0n) is 8.16. The zero-order chi connectivity index (χ0) is 9.80. The fourth-order valence-corrected chi connectivity index (χ4v) is 2.58. The molecule has 1 aliphatic heterocycles. The van der Waals surface area contributed by atoms with Crippen molar-refractivity contribution in [2.75, 3.05) is 18.9 Å². The molecule has 0 aliphatic carbocycles. The van der Waals surface area contributed by atoms with Crippen molar-refractivity contribution >= 4 is 11.8 Å². The summed E-state index contributed by atoms with van der Waals surface area (Å²) in [4.78, 5) is 1.41. The van der Waals surface area contributed by atoms with E-state index in [1.807, 2.05) is 17.8 Å². The standard InChI is InChI=1S/C11H15NOS/c12-5-1-6-13-10-2-3-11-9(8-10)4-7-14-11/h2-3,8H,1,4-7,12H2. The first-order valence-corrected chi connectivity index (χ1v) is 5.97. The van der Waals surface area contributed by atoms with E-state index in [0.717, 1.165) is 18.8 Å². The van der Waals surface area contributed by atoms with E-state index >= 15 is 0 Å². The van der Waals surface area contributed by atoms with Gasteiger partial charge >= 0.3 is 0 Å². The first-order chi connectivity index (χ1) is 6.90. The number of ether oxygens (including phenoxy) is 1. The third-order valence-corrected chi connectivity index (χ3v) is 3.40. The molecule has 1 heterocycles. The van der Waals surface area contributed by atoms with Crippen LogP contribution in [0.4, 0.5) is 0 Å². The molecule has 0 spiro atoms. The monoisotopic (exact) mass is 209 g/mol. The molecule has 0 aromatic heterocycles. The van der Waals surface area contributed by atoms with Crippen LogP contribution in [0.2, 0.25) is 0 Å². The molecule has 2 N–H and O–H groups in total. The van der Waals surface area contributed by atoms with Crippen molar-refractivity contribution in [2.24, 2.45) is 5.73 Å². The Bertz CT molecular complexity index is 314. The number of fused-ring (bicyclic) bond motifs is 1. The number of thioether (sulfide) groups is 1. The molecule has 0 unspecified atom stereocenters. The van der Waals surface area contributed by atoms with Crippen LogP contribution >= 0.6 is 11.8 Å². The number of hydrogen-bond acceptors (Lipinski definition) is 3. The Balaban J connectivity index is 1.98. The average molecular weight is 209 g/mol. The zero-order valence-corrected chi connectivity index (χ0v) is 8.98. The Morgan fingerprint density at radius 3 is 3.21 bits per heavy atom. The van der Waals surface area contributed by atoms with E-state index in [2.05, 4.69) is 12.1 Å². The van der Waals surface area contributed by atoms with E-state index < -0.39 is 0 Å². The predicted molar refractivity (Wildman–Crippen MR) is 60.0 cm³/mol. The highest BCUT2D eigenvalue weighted by molar-refractivity contribution is 7.99. The molecule has 0 bridgehead atoms. The quantitative estimate of drug-likeness (QED) is 0.771. The molecular weight excluding hydrogens is 194 g/mol. The van der Waals surface area contributed by atoms with Crippen molar-refractivity contribution in [2.45, 2.75) is 17.7 Å². The summed E-state index contributed by atoms with van der Waals surface area (Å²) in [6.45, 7) is 1.42. The van der Waals surface area contributed by atoms with Crippen LogP contribution in [0.5, 0.6) is 5.75 Å². The SMILES string of the molecule is NCCCOc1ccc2c(c1)CCS2. The molecular formula is C11H15NOS. The average Bonchev–Trinajstić information content (AvgIpc) is 2.65. The molecule has 0 radical (unpaired) electrons. The van der Waals surface area contributed by atoms with Crippen LogP contribution < -0.4 is 10.5 Å². The van der Waals surface area contributed by atoms with E-state index in [-0.39, 0.29) is 0 Å². The maximum atomic E-state index is 5.58. The summed E-state index contributed by atoms with van der Waals surface area (Å²) in [5, 5.41) is 0. The Kier molecular flexibility index (Phi) is 3.32. The van der Waals surface area contributed by atoms with Crippen LogP contribution in [0.25, 0.3) is 0 Å². The smallest absolute Gasteiger partial charge is 0.119 e. The van der Waals surface area contributed by atoms with Gasteiger partial charge in [0.25, 0.3) is 0 Å². The molecule has 14 heavy (non-hydrogen) atoms. The number of benzene rings is 1. The van der Waals surface area contributed by atoms with Gasteiger partial charge < -0.3 is 10.5 Å². The highest BCUT2D eigenvalue weighted by atomic mass is 32.2. The molecule has 76 valence electrons. The Morgan fingerprint density at radius 1 is 1.43 bits per heavy atom. The van der Waals surface area contributed by atoms with Crippen molar-refractivity contribution in [3.8, 4) is 5.75 Å². The van der Waals surface area contributed by atoms with Crippen molar-refractivity contribution < 1.29 is 4.74 Å². The lowest BCUT2D eigenvalue weighted by molar-refractivity contribution is 0.313. The fraction of sp³-hybridized carbons (Fsp3) is 0.455. The summed E-state index contributed by atoms with van der Waals surface area (Å²) in [6.07, 6.45) is 2.10. The first kappa shape index (κ1) is 9.87. The third kappa shape index (κ3) is 2.22. The highest BCUT2D eigenvalue weighted by Crippen LogP contribution is 2.33. The van der Waals surface area contributed by atoms with Crippen LogP contribution in [0, 0.1) is 0 Å². The normalized spacial score (nSPS) is 14.1. The van der Waals surface area contributed by atoms with E-state index in [4.69, 9.17) is 10.5 Å². The van der Waals surface area contributed by atoms with Crippen LogP contribution in [-0.2, 0) is 6.42 Å². The predicted octanol–water partition coefficient (Wildman–Crippen LogP) is 2.06. The molecule has 2 nitrogen and oxygen atoms in total. The van der Waals surface area contributed by atoms with Crippen molar-refractivity contribution in [1.82, 2.24) is 0 Å². The first-order valence-electron chi connectivity index (χ1n) is 4.99. The van der Waals surface area contributed by atoms with Gasteiger partial charge in [-0.1, -0.05) is 0 Å². The summed E-state index contributed by atoms with van der Waals surface area (Å²) in [5.74, 6) is 2.20. The van der Waals surface area contributed by atoms with Crippen LogP contribution in [0.15, 0.2) is 23.1 Å². The molecule has 0 fully saturated rings. The number of aryl methyl sites for hydroxylation is 1. The van der Waals surface area contributed by atoms with E-state index in [0.29, 0.717) is 6.54 Å². The summed E-state index contributed by atoms with van der Waals surface area (Å²) in [5.41, 5.74) is 6.83. The van der Waals surface area contributed by atoms with Crippen molar-refractivity contribution in [3.63, 3.8) is 0 Å². The molecule has 2 rings (SSSR count). The lowest BCUT2D eigenvalue weighted by Crippen LogP contribution is -2.06. The largest absolute Gasteiger partial charge is 0.494 e. The molecule has 0 amide bonds. The van der Waals surface area contributed by atoms with Crippen molar-refractivity contribution in [1.29, 1.82) is 0 Å². The van der Waals surface area contributed by atoms with Crippen LogP contribution in [-0.4, -0.2) is 18.9 Å². The summed E-state index contributed by atoms with van der Waals surface area (Å²) >= 11 is 1.93. The van der Waals surface area contributed by atoms with Crippen LogP contribution in [0.3, 0.4) is 0 Å². The Labute approximate surface area is 88.8 Å². The second-order valence-corrected chi connectivity index (χ2v) is 4.50. The minimum Gasteiger partial charge on any atom is -0.494 e. The van der Waals surface area contributed by atoms with E-state index in [1.54, 1.807) is 0 Å². The van der Waals surface area contributed by atoms with Gasteiger partial charge in [0.05, 0.1) is 6.61 Å². The number of nitrogens with two attached hydrogens (primary N) is 1. The molecule has 1 aliphatic rings. The maximum Gasteiger partial charge on any atom is 0.119 e. The summed E-state index contributed by atoms with van der Waals surface area (Å²) in [7, 11) is 0. The van der Waals surface area contributed by atoms with Gasteiger partial charge in [0, 0.05) is 10.6 Å². The number of hydrogen-bond donors (Lipinski definition) is 1. The minimum atomic E-state index is 0.695. The lowest BCUT2D eigenvalue weighted by atomic mass is 10.2. The maximum absolute atomic E-state index is 5.58. The van der Waals surface area contributed by atoms with Crippen molar-refractivity contribution in [3.05, 3.63) is 23.8 Å². The Morgan fingerprint density at radius 2 is 2.36 bits per heavy atom. The number of rotatable bonds is 4. The van der Waals surface area contributed by atoms with Gasteiger partial charge in [0.1, 0.15) is 5.75 Å². The second-order valence-electron chi connectivity index (χ2n) is 3.36. The Hall–Kier alpha value is -0.670. The van der Waals surface area contributed by atoms with Crippen LogP contribution in [0.1, 0.15) is 12.0 Å². The molecule has 1 aromatic rings. The fourth-order valence-electron chi connectivity index (χ4n) is 1.53. The minimum absolute atomic E-state index is 0.695. The van der Waals surface area contributed by atoms with Gasteiger partial charge in [0.15, 0.2) is 0 Å². The van der Waals surface area contributed by atoms with Gasteiger partial charge in [-0.05, 0) is 43.1 Å². The molecule has 0 saturated carbocycles. The third-order valence-electron chi connectivity index (χ3n) is 2.28. The topological polar surface area (TPSA) is 35.2 Å². The lowest BCUT2D eigenvalue weighted by Gasteiger charge is -2.06. The molecule has 0 atom stereocenters. The van der Waals surface area contributed by atoms with Gasteiger partial charge in [-0.2, -0.15) is 0 Å².